The number of hydrogen-bond acceptors (Lipinski definition) is 4. The first kappa shape index (κ1) is 15.3. The van der Waals surface area contributed by atoms with Crippen molar-refractivity contribution in [1.29, 1.82) is 0 Å². The lowest BCUT2D eigenvalue weighted by Gasteiger charge is -2.05. The van der Waals surface area contributed by atoms with E-state index in [2.05, 4.69) is 33.1 Å². The molecule has 0 heterocycles. The van der Waals surface area contributed by atoms with Gasteiger partial charge in [-0.25, -0.2) is 5.43 Å². The number of benzene rings is 2. The van der Waals surface area contributed by atoms with Gasteiger partial charge in [0.15, 0.2) is 0 Å². The summed E-state index contributed by atoms with van der Waals surface area (Å²) in [6, 6.07) is 11.9. The molecule has 0 aromatic heterocycles. The Kier molecular flexibility index (Phi) is 5.15. The summed E-state index contributed by atoms with van der Waals surface area (Å²) in [6.07, 6.45) is 1.39. The van der Waals surface area contributed by atoms with Crippen LogP contribution in [-0.2, 0) is 0 Å². The summed E-state index contributed by atoms with van der Waals surface area (Å²) in [5, 5.41) is 13.4. The van der Waals surface area contributed by atoms with Crippen LogP contribution in [0.4, 0.5) is 0 Å². The number of phenolic OH excluding ortho intramolecular Hbond substituents is 1. The average molecular weight is 396 g/mol. The summed E-state index contributed by atoms with van der Waals surface area (Å²) in [4.78, 5) is 12.0. The van der Waals surface area contributed by atoms with Crippen LogP contribution in [0.25, 0.3) is 0 Å². The second kappa shape index (κ2) is 7.07. The molecule has 1 amide bonds. The van der Waals surface area contributed by atoms with E-state index in [-0.39, 0.29) is 11.7 Å². The molecule has 2 N–H and O–H groups in total. The first-order valence-corrected chi connectivity index (χ1v) is 7.14. The third kappa shape index (κ3) is 3.94. The molecule has 0 unspecified atom stereocenters. The third-order valence-corrected chi connectivity index (χ3v) is 3.61. The van der Waals surface area contributed by atoms with Crippen LogP contribution in [0.2, 0.25) is 0 Å². The molecule has 5 nitrogen and oxygen atoms in total. The number of phenols is 1. The highest BCUT2D eigenvalue weighted by Crippen LogP contribution is 2.21. The number of methoxy groups -OCH3 is 1. The van der Waals surface area contributed by atoms with Crippen molar-refractivity contribution in [2.45, 2.75) is 0 Å². The lowest BCUT2D eigenvalue weighted by Crippen LogP contribution is -2.17. The summed E-state index contributed by atoms with van der Waals surface area (Å²) in [5.41, 5.74) is 3.38. The van der Waals surface area contributed by atoms with Crippen LogP contribution in [0.1, 0.15) is 15.9 Å². The molecule has 0 spiro atoms. The number of carbonyl (C=O) groups is 1. The van der Waals surface area contributed by atoms with Gasteiger partial charge in [0.1, 0.15) is 11.5 Å². The van der Waals surface area contributed by atoms with E-state index in [9.17, 15) is 9.90 Å². The smallest absolute Gasteiger partial charge is 0.271 e. The minimum atomic E-state index is -0.351. The van der Waals surface area contributed by atoms with Gasteiger partial charge in [0.25, 0.3) is 5.91 Å². The Labute approximate surface area is 135 Å². The Balaban J connectivity index is 2.07. The standard InChI is InChI=1S/C15H13IN2O3/c1-21-14-8-10(6-7-12(14)16)15(20)18-17-9-11-4-2-3-5-13(11)19/h2-9,19H,1H3,(H,18,20)/b17-9+. The van der Waals surface area contributed by atoms with Gasteiger partial charge in [-0.3, -0.25) is 4.79 Å². The van der Waals surface area contributed by atoms with Gasteiger partial charge in [0, 0.05) is 11.1 Å². The summed E-state index contributed by atoms with van der Waals surface area (Å²) >= 11 is 2.13. The number of halogens is 1. The molecule has 0 saturated carbocycles. The molecule has 0 atom stereocenters. The van der Waals surface area contributed by atoms with Crippen molar-refractivity contribution in [3.8, 4) is 11.5 Å². The number of para-hydroxylation sites is 1. The maximum Gasteiger partial charge on any atom is 0.271 e. The lowest BCUT2D eigenvalue weighted by atomic mass is 10.2. The van der Waals surface area contributed by atoms with Crippen LogP contribution in [0, 0.1) is 3.57 Å². The van der Waals surface area contributed by atoms with Crippen LogP contribution in [0.15, 0.2) is 47.6 Å². The number of rotatable bonds is 4. The number of nitrogens with zero attached hydrogens (tertiary/aromatic N) is 1. The highest BCUT2D eigenvalue weighted by molar-refractivity contribution is 14.1. The van der Waals surface area contributed by atoms with E-state index in [1.54, 1.807) is 49.6 Å². The largest absolute Gasteiger partial charge is 0.507 e. The first-order valence-electron chi connectivity index (χ1n) is 6.06. The topological polar surface area (TPSA) is 70.9 Å². The van der Waals surface area contributed by atoms with Gasteiger partial charge in [-0.1, -0.05) is 12.1 Å². The SMILES string of the molecule is COc1cc(C(=O)N/N=C/c2ccccc2O)ccc1I. The van der Waals surface area contributed by atoms with Gasteiger partial charge in [-0.05, 0) is 52.9 Å². The summed E-state index contributed by atoms with van der Waals surface area (Å²) in [5.74, 6) is 0.385. The maximum atomic E-state index is 12.0. The fourth-order valence-electron chi connectivity index (χ4n) is 1.62. The highest BCUT2D eigenvalue weighted by atomic mass is 127. The number of aromatic hydroxyl groups is 1. The number of carbonyl (C=O) groups excluding carboxylic acids is 1. The molecule has 108 valence electrons. The number of nitrogens with one attached hydrogen (secondary N) is 1. The average Bonchev–Trinajstić information content (AvgIpc) is 2.49. The van der Waals surface area contributed by atoms with E-state index in [1.807, 2.05) is 0 Å². The van der Waals surface area contributed by atoms with E-state index < -0.39 is 0 Å². The summed E-state index contributed by atoms with van der Waals surface area (Å²) in [6.45, 7) is 0. The zero-order valence-corrected chi connectivity index (χ0v) is 13.4. The van der Waals surface area contributed by atoms with Crippen molar-refractivity contribution in [2.75, 3.05) is 7.11 Å². The lowest BCUT2D eigenvalue weighted by molar-refractivity contribution is 0.0954. The minimum absolute atomic E-state index is 0.103. The van der Waals surface area contributed by atoms with Crippen LogP contribution < -0.4 is 10.2 Å². The fourth-order valence-corrected chi connectivity index (χ4v) is 2.18. The van der Waals surface area contributed by atoms with Crippen molar-refractivity contribution in [2.24, 2.45) is 5.10 Å². The van der Waals surface area contributed by atoms with Crippen LogP contribution in [0.5, 0.6) is 11.5 Å². The van der Waals surface area contributed by atoms with E-state index in [0.717, 1.165) is 3.57 Å². The number of hydrogen-bond donors (Lipinski definition) is 2. The highest BCUT2D eigenvalue weighted by Gasteiger charge is 2.08. The van der Waals surface area contributed by atoms with Gasteiger partial charge >= 0.3 is 0 Å². The first-order chi connectivity index (χ1) is 10.1. The van der Waals surface area contributed by atoms with E-state index in [1.165, 1.54) is 6.21 Å². The third-order valence-electron chi connectivity index (χ3n) is 2.72. The Morgan fingerprint density at radius 3 is 2.81 bits per heavy atom. The molecule has 0 bridgehead atoms. The Morgan fingerprint density at radius 1 is 1.33 bits per heavy atom. The number of amides is 1. The normalized spacial score (nSPS) is 10.6. The Bertz CT molecular complexity index is 686. The second-order valence-corrected chi connectivity index (χ2v) is 5.27. The zero-order valence-electron chi connectivity index (χ0n) is 11.2. The molecule has 2 aromatic rings. The van der Waals surface area contributed by atoms with Gasteiger partial charge in [-0.2, -0.15) is 5.10 Å². The predicted molar refractivity (Wildman–Crippen MR) is 88.9 cm³/mol. The van der Waals surface area contributed by atoms with Crippen molar-refractivity contribution >= 4 is 34.7 Å². The summed E-state index contributed by atoms with van der Waals surface area (Å²) < 4.78 is 6.09. The van der Waals surface area contributed by atoms with Crippen LogP contribution >= 0.6 is 22.6 Å². The molecule has 2 rings (SSSR count). The van der Waals surface area contributed by atoms with E-state index >= 15 is 0 Å². The van der Waals surface area contributed by atoms with Gasteiger partial charge in [-0.15, -0.1) is 0 Å². The second-order valence-electron chi connectivity index (χ2n) is 4.11. The molecule has 2 aromatic carbocycles. The quantitative estimate of drug-likeness (QED) is 0.475. The summed E-state index contributed by atoms with van der Waals surface area (Å²) in [7, 11) is 1.55. The molecule has 21 heavy (non-hydrogen) atoms. The molecular weight excluding hydrogens is 383 g/mol. The molecular formula is C15H13IN2O3. The molecule has 0 aliphatic heterocycles. The molecule has 0 aliphatic rings. The molecule has 0 aliphatic carbocycles. The predicted octanol–water partition coefficient (Wildman–Crippen LogP) is 2.77. The molecule has 0 radical (unpaired) electrons. The monoisotopic (exact) mass is 396 g/mol. The van der Waals surface area contributed by atoms with Gasteiger partial charge in [0.05, 0.1) is 16.9 Å². The zero-order chi connectivity index (χ0) is 15.2. The van der Waals surface area contributed by atoms with Gasteiger partial charge in [0.2, 0.25) is 0 Å². The van der Waals surface area contributed by atoms with Crippen molar-refractivity contribution in [3.63, 3.8) is 0 Å². The number of ether oxygens (including phenoxy) is 1. The fraction of sp³-hybridized carbons (Fsp3) is 0.0667. The van der Waals surface area contributed by atoms with Crippen molar-refractivity contribution < 1.29 is 14.6 Å². The Hall–Kier alpha value is -2.09. The molecule has 6 heteroatoms. The van der Waals surface area contributed by atoms with Crippen molar-refractivity contribution in [3.05, 3.63) is 57.2 Å². The minimum Gasteiger partial charge on any atom is -0.507 e. The van der Waals surface area contributed by atoms with Gasteiger partial charge < -0.3 is 9.84 Å². The van der Waals surface area contributed by atoms with E-state index in [4.69, 9.17) is 4.74 Å². The van der Waals surface area contributed by atoms with E-state index in [0.29, 0.717) is 16.9 Å². The van der Waals surface area contributed by atoms with Crippen LogP contribution in [-0.4, -0.2) is 24.3 Å². The van der Waals surface area contributed by atoms with Crippen LogP contribution in [0.3, 0.4) is 0 Å². The molecule has 0 fully saturated rings. The maximum absolute atomic E-state index is 12.0. The number of hydrazone groups is 1. The van der Waals surface area contributed by atoms with Crippen molar-refractivity contribution in [1.82, 2.24) is 5.43 Å². The Morgan fingerprint density at radius 2 is 2.10 bits per heavy atom. The molecule has 0 saturated heterocycles.